The fourth-order valence-electron chi connectivity index (χ4n) is 4.56. The minimum absolute atomic E-state index is 0.206. The Morgan fingerprint density at radius 3 is 2.46 bits per heavy atom. The lowest BCUT2D eigenvalue weighted by atomic mass is 9.83. The molecule has 26 heavy (non-hydrogen) atoms. The van der Waals surface area contributed by atoms with E-state index in [1.54, 1.807) is 0 Å². The molecule has 1 aliphatic heterocycles. The van der Waals surface area contributed by atoms with Crippen LogP contribution in [0.1, 0.15) is 68.9 Å². The number of nitrogens with one attached hydrogen (secondary N) is 1. The summed E-state index contributed by atoms with van der Waals surface area (Å²) in [5.41, 5.74) is 3.50. The Morgan fingerprint density at radius 2 is 1.73 bits per heavy atom. The van der Waals surface area contributed by atoms with E-state index < -0.39 is 0 Å². The van der Waals surface area contributed by atoms with Crippen LogP contribution in [0.3, 0.4) is 0 Å². The number of hydrogen-bond acceptors (Lipinski definition) is 2. The summed E-state index contributed by atoms with van der Waals surface area (Å²) in [4.78, 5) is 27.0. The summed E-state index contributed by atoms with van der Waals surface area (Å²) < 4.78 is 0. The zero-order chi connectivity index (χ0) is 17.9. The molecule has 0 atom stereocenters. The van der Waals surface area contributed by atoms with Crippen LogP contribution in [0.4, 0.5) is 5.69 Å². The molecule has 140 valence electrons. The normalized spacial score (nSPS) is 21.0. The van der Waals surface area contributed by atoms with E-state index in [4.69, 9.17) is 0 Å². The molecule has 3 aliphatic rings. The number of aryl methyl sites for hydroxylation is 1. The molecule has 1 aromatic rings. The highest BCUT2D eigenvalue weighted by atomic mass is 16.2. The first-order chi connectivity index (χ1) is 12.7. The van der Waals surface area contributed by atoms with Crippen molar-refractivity contribution in [1.29, 1.82) is 0 Å². The highest BCUT2D eigenvalue weighted by Crippen LogP contribution is 2.34. The highest BCUT2D eigenvalue weighted by Gasteiger charge is 2.32. The molecule has 0 unspecified atom stereocenters. The summed E-state index contributed by atoms with van der Waals surface area (Å²) in [5, 5.41) is 3.13. The van der Waals surface area contributed by atoms with Gasteiger partial charge in [-0.05, 0) is 55.7 Å². The SMILES string of the molecule is O=C(NCc1ccc2c(c1)CCCN2C(=O)C1CCC1)C1CCCCC1. The van der Waals surface area contributed by atoms with Gasteiger partial charge in [0.2, 0.25) is 11.8 Å². The van der Waals surface area contributed by atoms with E-state index in [0.717, 1.165) is 56.3 Å². The lowest BCUT2D eigenvalue weighted by Crippen LogP contribution is -2.41. The monoisotopic (exact) mass is 354 g/mol. The summed E-state index contributed by atoms with van der Waals surface area (Å²) in [7, 11) is 0. The second-order valence-electron chi connectivity index (χ2n) is 8.24. The number of carbonyl (C=O) groups excluding carboxylic acids is 2. The van der Waals surface area contributed by atoms with Gasteiger partial charge in [-0.3, -0.25) is 9.59 Å². The second kappa shape index (κ2) is 7.81. The number of hydrogen-bond donors (Lipinski definition) is 1. The fourth-order valence-corrected chi connectivity index (χ4v) is 4.56. The third kappa shape index (κ3) is 3.65. The van der Waals surface area contributed by atoms with Crippen molar-refractivity contribution in [3.63, 3.8) is 0 Å². The summed E-state index contributed by atoms with van der Waals surface area (Å²) in [6.07, 6.45) is 11.1. The van der Waals surface area contributed by atoms with Crippen LogP contribution in [0.2, 0.25) is 0 Å². The minimum Gasteiger partial charge on any atom is -0.352 e. The molecular weight excluding hydrogens is 324 g/mol. The summed E-state index contributed by atoms with van der Waals surface area (Å²) in [6, 6.07) is 6.36. The van der Waals surface area contributed by atoms with Crippen molar-refractivity contribution < 1.29 is 9.59 Å². The third-order valence-electron chi connectivity index (χ3n) is 6.43. The van der Waals surface area contributed by atoms with Crippen LogP contribution in [0.15, 0.2) is 18.2 Å². The molecule has 2 aliphatic carbocycles. The topological polar surface area (TPSA) is 49.4 Å². The average molecular weight is 354 g/mol. The van der Waals surface area contributed by atoms with Gasteiger partial charge in [-0.15, -0.1) is 0 Å². The fraction of sp³-hybridized carbons (Fsp3) is 0.636. The maximum Gasteiger partial charge on any atom is 0.230 e. The van der Waals surface area contributed by atoms with Crippen molar-refractivity contribution in [3.05, 3.63) is 29.3 Å². The number of carbonyl (C=O) groups is 2. The van der Waals surface area contributed by atoms with Gasteiger partial charge in [-0.25, -0.2) is 0 Å². The van der Waals surface area contributed by atoms with Crippen LogP contribution in [0.25, 0.3) is 0 Å². The number of amides is 2. The standard InChI is InChI=1S/C22H30N2O2/c25-21(17-6-2-1-3-7-17)23-15-16-11-12-20-19(14-16)10-5-13-24(20)22(26)18-8-4-9-18/h11-12,14,17-18H,1-10,13,15H2,(H,23,25). The van der Waals surface area contributed by atoms with E-state index in [2.05, 4.69) is 23.5 Å². The Morgan fingerprint density at radius 1 is 0.962 bits per heavy atom. The molecule has 4 rings (SSSR count). The molecule has 0 spiro atoms. The van der Waals surface area contributed by atoms with Crippen LogP contribution < -0.4 is 10.2 Å². The van der Waals surface area contributed by atoms with Crippen LogP contribution >= 0.6 is 0 Å². The summed E-state index contributed by atoms with van der Waals surface area (Å²) in [5.74, 6) is 0.979. The molecule has 0 radical (unpaired) electrons. The lowest BCUT2D eigenvalue weighted by molar-refractivity contribution is -0.126. The number of nitrogens with zero attached hydrogens (tertiary/aromatic N) is 1. The Hall–Kier alpha value is -1.84. The van der Waals surface area contributed by atoms with E-state index in [0.29, 0.717) is 12.5 Å². The molecule has 0 bridgehead atoms. The number of benzene rings is 1. The van der Waals surface area contributed by atoms with Gasteiger partial charge >= 0.3 is 0 Å². The average Bonchev–Trinajstić information content (AvgIpc) is 2.64. The van der Waals surface area contributed by atoms with E-state index in [9.17, 15) is 9.59 Å². The van der Waals surface area contributed by atoms with E-state index in [1.807, 2.05) is 4.90 Å². The molecule has 1 N–H and O–H groups in total. The predicted molar refractivity (Wildman–Crippen MR) is 103 cm³/mol. The first-order valence-corrected chi connectivity index (χ1v) is 10.4. The molecule has 1 heterocycles. The van der Waals surface area contributed by atoms with Crippen molar-refractivity contribution in [2.75, 3.05) is 11.4 Å². The van der Waals surface area contributed by atoms with Gasteiger partial charge in [-0.1, -0.05) is 37.8 Å². The molecule has 1 aromatic carbocycles. The maximum absolute atomic E-state index is 12.7. The maximum atomic E-state index is 12.7. The zero-order valence-corrected chi connectivity index (χ0v) is 15.6. The van der Waals surface area contributed by atoms with Crippen molar-refractivity contribution in [2.45, 2.75) is 70.8 Å². The molecule has 4 heteroatoms. The predicted octanol–water partition coefficient (Wildman–Crippen LogP) is 3.96. The van der Waals surface area contributed by atoms with Crippen LogP contribution in [0.5, 0.6) is 0 Å². The lowest BCUT2D eigenvalue weighted by Gasteiger charge is -2.35. The first-order valence-electron chi connectivity index (χ1n) is 10.4. The van der Waals surface area contributed by atoms with Gasteiger partial charge in [0.1, 0.15) is 0 Å². The van der Waals surface area contributed by atoms with Gasteiger partial charge < -0.3 is 10.2 Å². The largest absolute Gasteiger partial charge is 0.352 e. The quantitative estimate of drug-likeness (QED) is 0.890. The van der Waals surface area contributed by atoms with Gasteiger partial charge in [0.25, 0.3) is 0 Å². The molecule has 2 fully saturated rings. The van der Waals surface area contributed by atoms with Crippen LogP contribution in [-0.2, 0) is 22.6 Å². The number of rotatable bonds is 4. The van der Waals surface area contributed by atoms with Crippen LogP contribution in [-0.4, -0.2) is 18.4 Å². The molecule has 2 saturated carbocycles. The van der Waals surface area contributed by atoms with E-state index in [1.165, 1.54) is 31.2 Å². The summed E-state index contributed by atoms with van der Waals surface area (Å²) >= 11 is 0. The summed E-state index contributed by atoms with van der Waals surface area (Å²) in [6.45, 7) is 1.44. The van der Waals surface area contributed by atoms with E-state index >= 15 is 0 Å². The van der Waals surface area contributed by atoms with Crippen molar-refractivity contribution >= 4 is 17.5 Å². The highest BCUT2D eigenvalue weighted by molar-refractivity contribution is 5.96. The minimum atomic E-state index is 0.206. The molecular formula is C22H30N2O2. The molecule has 0 saturated heterocycles. The smallest absolute Gasteiger partial charge is 0.230 e. The van der Waals surface area contributed by atoms with Gasteiger partial charge in [0.15, 0.2) is 0 Å². The van der Waals surface area contributed by atoms with Crippen molar-refractivity contribution in [1.82, 2.24) is 5.32 Å². The third-order valence-corrected chi connectivity index (χ3v) is 6.43. The number of fused-ring (bicyclic) bond motifs is 1. The van der Waals surface area contributed by atoms with E-state index in [-0.39, 0.29) is 17.7 Å². The second-order valence-corrected chi connectivity index (χ2v) is 8.24. The van der Waals surface area contributed by atoms with Gasteiger partial charge in [-0.2, -0.15) is 0 Å². The Labute approximate surface area is 156 Å². The Bertz CT molecular complexity index is 675. The number of anilines is 1. The Kier molecular flexibility index (Phi) is 5.28. The molecule has 0 aromatic heterocycles. The first kappa shape index (κ1) is 17.6. The zero-order valence-electron chi connectivity index (χ0n) is 15.6. The van der Waals surface area contributed by atoms with Crippen molar-refractivity contribution in [3.8, 4) is 0 Å². The molecule has 4 nitrogen and oxygen atoms in total. The van der Waals surface area contributed by atoms with Crippen LogP contribution in [0, 0.1) is 11.8 Å². The molecule has 2 amide bonds. The van der Waals surface area contributed by atoms with Gasteiger partial charge in [0, 0.05) is 30.6 Å². The van der Waals surface area contributed by atoms with Crippen molar-refractivity contribution in [2.24, 2.45) is 11.8 Å². The van der Waals surface area contributed by atoms with Gasteiger partial charge in [0.05, 0.1) is 0 Å². The Balaban J connectivity index is 1.40.